The highest BCUT2D eigenvalue weighted by Gasteiger charge is 2.06. The average molecular weight is 342 g/mol. The van der Waals surface area contributed by atoms with Crippen molar-refractivity contribution in [1.29, 1.82) is 0 Å². The molecule has 122 valence electrons. The van der Waals surface area contributed by atoms with Crippen molar-refractivity contribution >= 4 is 39.7 Å². The van der Waals surface area contributed by atoms with Crippen LogP contribution in [0, 0.1) is 19.7 Å². The van der Waals surface area contributed by atoms with Gasteiger partial charge in [0, 0.05) is 28.9 Å². The summed E-state index contributed by atoms with van der Waals surface area (Å²) in [6.07, 6.45) is 0. The van der Waals surface area contributed by atoms with Crippen molar-refractivity contribution in [2.75, 3.05) is 10.6 Å². The summed E-state index contributed by atoms with van der Waals surface area (Å²) < 4.78 is 18.8. The van der Waals surface area contributed by atoms with Gasteiger partial charge in [0.25, 0.3) is 0 Å². The molecular formula is C18H15FN2O2S. The fourth-order valence-corrected chi connectivity index (χ4v) is 2.60. The maximum Gasteiger partial charge on any atom is 0.336 e. The maximum atomic E-state index is 13.6. The quantitative estimate of drug-likeness (QED) is 0.535. The minimum atomic E-state index is -0.395. The molecule has 0 radical (unpaired) electrons. The number of halogens is 1. The number of nitrogens with one attached hydrogen (secondary N) is 2. The van der Waals surface area contributed by atoms with Crippen molar-refractivity contribution in [3.8, 4) is 0 Å². The van der Waals surface area contributed by atoms with E-state index in [4.69, 9.17) is 16.6 Å². The third-order valence-electron chi connectivity index (χ3n) is 3.64. The zero-order valence-corrected chi connectivity index (χ0v) is 14.0. The lowest BCUT2D eigenvalue weighted by molar-refractivity contribution is 0.560. The number of benzene rings is 2. The number of fused-ring (bicyclic) bond motifs is 1. The van der Waals surface area contributed by atoms with Gasteiger partial charge in [0.2, 0.25) is 0 Å². The third-order valence-corrected chi connectivity index (χ3v) is 3.84. The molecule has 2 aromatic carbocycles. The molecule has 0 spiro atoms. The largest absolute Gasteiger partial charge is 0.423 e. The first-order valence-electron chi connectivity index (χ1n) is 7.31. The van der Waals surface area contributed by atoms with Gasteiger partial charge in [-0.2, -0.15) is 0 Å². The lowest BCUT2D eigenvalue weighted by Gasteiger charge is -2.11. The Balaban J connectivity index is 1.80. The molecule has 0 aliphatic rings. The molecule has 4 nitrogen and oxygen atoms in total. The maximum absolute atomic E-state index is 13.6. The molecule has 0 saturated carbocycles. The molecule has 0 amide bonds. The first kappa shape index (κ1) is 16.1. The molecule has 0 fully saturated rings. The van der Waals surface area contributed by atoms with Crippen LogP contribution in [0.1, 0.15) is 11.1 Å². The van der Waals surface area contributed by atoms with Crippen LogP contribution in [0.2, 0.25) is 0 Å². The van der Waals surface area contributed by atoms with Crippen molar-refractivity contribution < 1.29 is 8.81 Å². The minimum absolute atomic E-state index is 0.300. The smallest absolute Gasteiger partial charge is 0.336 e. The predicted molar refractivity (Wildman–Crippen MR) is 98.2 cm³/mol. The Morgan fingerprint density at radius 3 is 2.38 bits per heavy atom. The van der Waals surface area contributed by atoms with Crippen molar-refractivity contribution in [3.05, 3.63) is 69.8 Å². The highest BCUT2D eigenvalue weighted by atomic mass is 32.1. The molecule has 3 aromatic rings. The van der Waals surface area contributed by atoms with Crippen molar-refractivity contribution in [2.45, 2.75) is 13.8 Å². The summed E-state index contributed by atoms with van der Waals surface area (Å²) in [7, 11) is 0. The van der Waals surface area contributed by atoms with Crippen LogP contribution < -0.4 is 16.3 Å². The Bertz CT molecular complexity index is 998. The molecule has 0 aliphatic heterocycles. The Kier molecular flexibility index (Phi) is 4.31. The van der Waals surface area contributed by atoms with E-state index in [2.05, 4.69) is 10.6 Å². The number of hydrogen-bond donors (Lipinski definition) is 2. The summed E-state index contributed by atoms with van der Waals surface area (Å²) in [4.78, 5) is 11.5. The second-order valence-corrected chi connectivity index (χ2v) is 5.91. The van der Waals surface area contributed by atoms with Crippen LogP contribution in [0.15, 0.2) is 51.7 Å². The zero-order chi connectivity index (χ0) is 17.3. The van der Waals surface area contributed by atoms with Gasteiger partial charge in [-0.3, -0.25) is 0 Å². The summed E-state index contributed by atoms with van der Waals surface area (Å²) >= 11 is 5.23. The van der Waals surface area contributed by atoms with E-state index >= 15 is 0 Å². The van der Waals surface area contributed by atoms with E-state index < -0.39 is 5.63 Å². The molecule has 0 atom stereocenters. The molecule has 0 unspecified atom stereocenters. The van der Waals surface area contributed by atoms with Crippen LogP contribution in [-0.4, -0.2) is 5.11 Å². The van der Waals surface area contributed by atoms with Crippen molar-refractivity contribution in [3.63, 3.8) is 0 Å². The Hall–Kier alpha value is -2.73. The van der Waals surface area contributed by atoms with Crippen LogP contribution in [0.5, 0.6) is 0 Å². The van der Waals surface area contributed by atoms with E-state index in [-0.39, 0.29) is 5.82 Å². The number of rotatable bonds is 2. The van der Waals surface area contributed by atoms with Crippen molar-refractivity contribution in [2.24, 2.45) is 0 Å². The summed E-state index contributed by atoms with van der Waals surface area (Å²) in [5.41, 5.74) is 2.73. The van der Waals surface area contributed by atoms with Gasteiger partial charge in [-0.1, -0.05) is 6.07 Å². The number of hydrogen-bond acceptors (Lipinski definition) is 3. The highest BCUT2D eigenvalue weighted by Crippen LogP contribution is 2.21. The van der Waals surface area contributed by atoms with Crippen LogP contribution >= 0.6 is 12.2 Å². The molecule has 1 heterocycles. The number of thiocarbonyl (C=S) groups is 1. The first-order chi connectivity index (χ1) is 11.4. The van der Waals surface area contributed by atoms with E-state index in [1.807, 2.05) is 19.1 Å². The van der Waals surface area contributed by atoms with E-state index in [1.54, 1.807) is 25.1 Å². The highest BCUT2D eigenvalue weighted by molar-refractivity contribution is 7.80. The van der Waals surface area contributed by atoms with Gasteiger partial charge in [-0.05, 0) is 61.5 Å². The summed E-state index contributed by atoms with van der Waals surface area (Å²) in [6, 6.07) is 11.6. The molecule has 1 aromatic heterocycles. The Morgan fingerprint density at radius 2 is 1.67 bits per heavy atom. The second kappa shape index (κ2) is 6.41. The number of anilines is 2. The van der Waals surface area contributed by atoms with E-state index in [0.29, 0.717) is 27.6 Å². The fourth-order valence-electron chi connectivity index (χ4n) is 2.37. The van der Waals surface area contributed by atoms with Gasteiger partial charge in [0.1, 0.15) is 11.4 Å². The van der Waals surface area contributed by atoms with Crippen LogP contribution in [-0.2, 0) is 0 Å². The normalized spacial score (nSPS) is 10.6. The molecule has 2 N–H and O–H groups in total. The molecule has 0 saturated heterocycles. The predicted octanol–water partition coefficient (Wildman–Crippen LogP) is 4.36. The van der Waals surface area contributed by atoms with E-state index in [9.17, 15) is 9.18 Å². The monoisotopic (exact) mass is 342 g/mol. The average Bonchev–Trinajstić information content (AvgIpc) is 2.50. The summed E-state index contributed by atoms with van der Waals surface area (Å²) in [6.45, 7) is 3.55. The zero-order valence-electron chi connectivity index (χ0n) is 13.1. The minimum Gasteiger partial charge on any atom is -0.423 e. The van der Waals surface area contributed by atoms with Gasteiger partial charge in [0.15, 0.2) is 5.11 Å². The molecule has 0 aliphatic carbocycles. The van der Waals surface area contributed by atoms with Gasteiger partial charge in [0.05, 0.1) is 0 Å². The van der Waals surface area contributed by atoms with Crippen LogP contribution in [0.25, 0.3) is 11.0 Å². The fraction of sp³-hybridized carbons (Fsp3) is 0.111. The first-order valence-corrected chi connectivity index (χ1v) is 7.72. The number of aryl methyl sites for hydroxylation is 2. The topological polar surface area (TPSA) is 54.3 Å². The van der Waals surface area contributed by atoms with E-state index in [0.717, 1.165) is 10.9 Å². The standard InChI is InChI=1S/C18H15FN2O2S/c1-10-3-4-12(8-15(10)19)20-18(24)21-13-5-6-14-11(2)7-17(22)23-16(14)9-13/h3-9H,1-2H3,(H2,20,21,24). The lowest BCUT2D eigenvalue weighted by atomic mass is 10.1. The Labute approximate surface area is 143 Å². The second-order valence-electron chi connectivity index (χ2n) is 5.50. The lowest BCUT2D eigenvalue weighted by Crippen LogP contribution is -2.19. The van der Waals surface area contributed by atoms with Gasteiger partial charge < -0.3 is 15.1 Å². The molecule has 0 bridgehead atoms. The van der Waals surface area contributed by atoms with Crippen LogP contribution in [0.3, 0.4) is 0 Å². The van der Waals surface area contributed by atoms with Gasteiger partial charge in [-0.15, -0.1) is 0 Å². The third kappa shape index (κ3) is 3.44. The van der Waals surface area contributed by atoms with E-state index in [1.165, 1.54) is 12.1 Å². The molecule has 6 heteroatoms. The summed E-state index contributed by atoms with van der Waals surface area (Å²) in [5, 5.41) is 7.08. The van der Waals surface area contributed by atoms with Crippen LogP contribution in [0.4, 0.5) is 15.8 Å². The van der Waals surface area contributed by atoms with Crippen molar-refractivity contribution in [1.82, 2.24) is 0 Å². The van der Waals surface area contributed by atoms with Gasteiger partial charge in [-0.25, -0.2) is 9.18 Å². The molecule has 3 rings (SSSR count). The Morgan fingerprint density at radius 1 is 1.00 bits per heavy atom. The summed E-state index contributed by atoms with van der Waals surface area (Å²) in [5.74, 6) is -0.300. The van der Waals surface area contributed by atoms with Gasteiger partial charge >= 0.3 is 5.63 Å². The molecular weight excluding hydrogens is 327 g/mol. The SMILES string of the molecule is Cc1ccc(NC(=S)Nc2ccc3c(C)cc(=O)oc3c2)cc1F. The molecule has 24 heavy (non-hydrogen) atoms.